The third kappa shape index (κ3) is 4.20. The fraction of sp³-hybridized carbons (Fsp3) is 0.174. The monoisotopic (exact) mass is 422 g/mol. The molecular formula is C23H23ClN4O2. The van der Waals surface area contributed by atoms with Gasteiger partial charge in [-0.3, -0.25) is 0 Å². The number of halogens is 1. The van der Waals surface area contributed by atoms with E-state index in [1.165, 1.54) is 11.1 Å². The zero-order chi connectivity index (χ0) is 20.4. The number of nitrogen functional groups attached to an aromatic ring is 1. The van der Waals surface area contributed by atoms with Crippen LogP contribution in [0.15, 0.2) is 59.3 Å². The molecule has 0 bridgehead atoms. The number of nitrogens with two attached hydrogens (primary N) is 1. The largest absolute Gasteiger partial charge is 0.383 e. The number of ether oxygens (including phenoxy) is 1. The number of rotatable bonds is 5. The standard InChI is InChI=1S/C23H22N4O2.ClH/c1-14-6-4-5-7-19(14)20-9-8-16(11-18(20)13-28-3)23-26-22(27-29-23)17-10-15(2)21(24)25-12-17;/h4-12H,13H2,1-3H3,(H2,24,25);1H. The number of hydrogen-bond acceptors (Lipinski definition) is 6. The van der Waals surface area contributed by atoms with E-state index in [9.17, 15) is 0 Å². The molecule has 0 spiro atoms. The summed E-state index contributed by atoms with van der Waals surface area (Å²) >= 11 is 0. The van der Waals surface area contributed by atoms with Crippen LogP contribution in [0.25, 0.3) is 34.0 Å². The number of aromatic nitrogens is 3. The molecule has 2 aromatic carbocycles. The Balaban J connectivity index is 0.00000256. The number of methoxy groups -OCH3 is 1. The Morgan fingerprint density at radius 2 is 1.77 bits per heavy atom. The van der Waals surface area contributed by atoms with Crippen molar-refractivity contribution in [2.75, 3.05) is 12.8 Å². The average Bonchev–Trinajstić information content (AvgIpc) is 3.21. The van der Waals surface area contributed by atoms with Crippen LogP contribution in [0.5, 0.6) is 0 Å². The van der Waals surface area contributed by atoms with Gasteiger partial charge in [0.15, 0.2) is 0 Å². The fourth-order valence-corrected chi connectivity index (χ4v) is 3.31. The third-order valence-corrected chi connectivity index (χ3v) is 4.89. The molecule has 0 radical (unpaired) electrons. The van der Waals surface area contributed by atoms with Crippen LogP contribution in [0.1, 0.15) is 16.7 Å². The van der Waals surface area contributed by atoms with Crippen LogP contribution in [0, 0.1) is 13.8 Å². The highest BCUT2D eigenvalue weighted by Gasteiger charge is 2.15. The van der Waals surface area contributed by atoms with E-state index >= 15 is 0 Å². The summed E-state index contributed by atoms with van der Waals surface area (Å²) < 4.78 is 10.9. The van der Waals surface area contributed by atoms with Crippen molar-refractivity contribution in [2.24, 2.45) is 0 Å². The van der Waals surface area contributed by atoms with Crippen molar-refractivity contribution in [3.05, 3.63) is 71.4 Å². The van der Waals surface area contributed by atoms with Gasteiger partial charge >= 0.3 is 0 Å². The van der Waals surface area contributed by atoms with E-state index in [0.29, 0.717) is 24.1 Å². The summed E-state index contributed by atoms with van der Waals surface area (Å²) in [5.41, 5.74) is 12.9. The number of anilines is 1. The smallest absolute Gasteiger partial charge is 0.258 e. The number of aryl methyl sites for hydroxylation is 2. The van der Waals surface area contributed by atoms with Gasteiger partial charge in [0.05, 0.1) is 6.61 Å². The zero-order valence-electron chi connectivity index (χ0n) is 17.0. The molecule has 0 aliphatic carbocycles. The van der Waals surface area contributed by atoms with Gasteiger partial charge in [-0.25, -0.2) is 4.98 Å². The first kappa shape index (κ1) is 21.5. The maximum atomic E-state index is 5.79. The first-order chi connectivity index (χ1) is 14.1. The maximum absolute atomic E-state index is 5.79. The highest BCUT2D eigenvalue weighted by molar-refractivity contribution is 5.85. The lowest BCUT2D eigenvalue weighted by Crippen LogP contribution is -1.95. The molecule has 0 amide bonds. The van der Waals surface area contributed by atoms with Crippen molar-refractivity contribution in [1.82, 2.24) is 15.1 Å². The minimum Gasteiger partial charge on any atom is -0.383 e. The lowest BCUT2D eigenvalue weighted by molar-refractivity contribution is 0.185. The molecule has 0 saturated carbocycles. The molecule has 2 heterocycles. The quantitative estimate of drug-likeness (QED) is 0.473. The lowest BCUT2D eigenvalue weighted by atomic mass is 9.94. The Morgan fingerprint density at radius 1 is 0.967 bits per heavy atom. The van der Waals surface area contributed by atoms with Gasteiger partial charge in [0.1, 0.15) is 5.82 Å². The zero-order valence-corrected chi connectivity index (χ0v) is 17.9. The van der Waals surface area contributed by atoms with Crippen molar-refractivity contribution < 1.29 is 9.26 Å². The summed E-state index contributed by atoms with van der Waals surface area (Å²) in [4.78, 5) is 8.71. The second kappa shape index (κ2) is 9.07. The summed E-state index contributed by atoms with van der Waals surface area (Å²) in [5.74, 6) is 1.42. The second-order valence-corrected chi connectivity index (χ2v) is 6.97. The molecule has 30 heavy (non-hydrogen) atoms. The van der Waals surface area contributed by atoms with Crippen LogP contribution in [-0.4, -0.2) is 22.2 Å². The Kier molecular flexibility index (Phi) is 6.50. The number of nitrogens with zero attached hydrogens (tertiary/aromatic N) is 3. The number of benzene rings is 2. The van der Waals surface area contributed by atoms with Crippen molar-refractivity contribution >= 4 is 18.2 Å². The average molecular weight is 423 g/mol. The van der Waals surface area contributed by atoms with E-state index in [-0.39, 0.29) is 12.4 Å². The first-order valence-corrected chi connectivity index (χ1v) is 9.31. The van der Waals surface area contributed by atoms with Crippen LogP contribution in [0.4, 0.5) is 5.82 Å². The van der Waals surface area contributed by atoms with E-state index in [2.05, 4.69) is 40.2 Å². The van der Waals surface area contributed by atoms with Gasteiger partial charge < -0.3 is 15.0 Å². The molecule has 0 saturated heterocycles. The summed E-state index contributed by atoms with van der Waals surface area (Å²) in [7, 11) is 1.69. The summed E-state index contributed by atoms with van der Waals surface area (Å²) in [6.45, 7) is 4.49. The van der Waals surface area contributed by atoms with E-state index in [0.717, 1.165) is 27.8 Å². The van der Waals surface area contributed by atoms with Crippen molar-refractivity contribution in [3.8, 4) is 34.0 Å². The topological polar surface area (TPSA) is 87.1 Å². The van der Waals surface area contributed by atoms with E-state index in [1.54, 1.807) is 13.3 Å². The van der Waals surface area contributed by atoms with Crippen LogP contribution in [0.3, 0.4) is 0 Å². The summed E-state index contributed by atoms with van der Waals surface area (Å²) in [6, 6.07) is 16.3. The van der Waals surface area contributed by atoms with Gasteiger partial charge in [-0.2, -0.15) is 4.98 Å². The Labute approximate surface area is 181 Å². The highest BCUT2D eigenvalue weighted by Crippen LogP contribution is 2.31. The third-order valence-electron chi connectivity index (χ3n) is 4.89. The Hall–Kier alpha value is -3.22. The van der Waals surface area contributed by atoms with Crippen molar-refractivity contribution in [3.63, 3.8) is 0 Å². The highest BCUT2D eigenvalue weighted by atomic mass is 35.5. The van der Waals surface area contributed by atoms with Gasteiger partial charge in [0.25, 0.3) is 5.89 Å². The fourth-order valence-electron chi connectivity index (χ4n) is 3.31. The van der Waals surface area contributed by atoms with Crippen molar-refractivity contribution in [2.45, 2.75) is 20.5 Å². The predicted octanol–water partition coefficient (Wildman–Crippen LogP) is 5.23. The molecule has 6 nitrogen and oxygen atoms in total. The molecule has 0 fully saturated rings. The molecule has 2 aromatic heterocycles. The lowest BCUT2D eigenvalue weighted by Gasteiger charge is -2.12. The molecule has 7 heteroatoms. The first-order valence-electron chi connectivity index (χ1n) is 9.31. The Morgan fingerprint density at radius 3 is 2.50 bits per heavy atom. The molecule has 0 atom stereocenters. The van der Waals surface area contributed by atoms with Gasteiger partial charge in [-0.05, 0) is 59.9 Å². The molecule has 0 aliphatic heterocycles. The van der Waals surface area contributed by atoms with E-state index in [1.807, 2.05) is 37.3 Å². The van der Waals surface area contributed by atoms with Gasteiger partial charge in [-0.15, -0.1) is 12.4 Å². The van der Waals surface area contributed by atoms with Gasteiger partial charge in [-0.1, -0.05) is 35.5 Å². The normalized spacial score (nSPS) is 10.6. The molecule has 4 aromatic rings. The summed E-state index contributed by atoms with van der Waals surface area (Å²) in [5, 5.41) is 4.11. The van der Waals surface area contributed by atoms with Gasteiger partial charge in [0.2, 0.25) is 5.82 Å². The SMILES string of the molecule is COCc1cc(-c2nc(-c3cnc(N)c(C)c3)no2)ccc1-c1ccccc1C.Cl. The second-order valence-electron chi connectivity index (χ2n) is 6.97. The van der Waals surface area contributed by atoms with E-state index in [4.69, 9.17) is 15.0 Å². The van der Waals surface area contributed by atoms with Crippen LogP contribution in [-0.2, 0) is 11.3 Å². The molecule has 0 aliphatic rings. The van der Waals surface area contributed by atoms with Gasteiger partial charge in [0, 0.05) is 24.4 Å². The molecule has 154 valence electrons. The number of pyridine rings is 1. The molecule has 4 rings (SSSR count). The molecular weight excluding hydrogens is 400 g/mol. The van der Waals surface area contributed by atoms with E-state index < -0.39 is 0 Å². The molecule has 2 N–H and O–H groups in total. The molecule has 0 unspecified atom stereocenters. The van der Waals surface area contributed by atoms with Crippen LogP contribution in [0.2, 0.25) is 0 Å². The predicted molar refractivity (Wildman–Crippen MR) is 120 cm³/mol. The minimum atomic E-state index is 0. The van der Waals surface area contributed by atoms with Crippen LogP contribution >= 0.6 is 12.4 Å². The van der Waals surface area contributed by atoms with Crippen LogP contribution < -0.4 is 5.73 Å². The Bertz CT molecular complexity index is 1170. The summed E-state index contributed by atoms with van der Waals surface area (Å²) in [6.07, 6.45) is 1.65. The van der Waals surface area contributed by atoms with Crippen molar-refractivity contribution in [1.29, 1.82) is 0 Å². The minimum absolute atomic E-state index is 0. The maximum Gasteiger partial charge on any atom is 0.258 e. The number of hydrogen-bond donors (Lipinski definition) is 1.